The Morgan fingerprint density at radius 1 is 1.50 bits per heavy atom. The first-order valence-corrected chi connectivity index (χ1v) is 7.33. The smallest absolute Gasteiger partial charge is 0.328 e. The molecule has 0 saturated heterocycles. The van der Waals surface area contributed by atoms with Gasteiger partial charge in [-0.05, 0) is 12.1 Å². The van der Waals surface area contributed by atoms with E-state index in [9.17, 15) is 9.59 Å². The highest BCUT2D eigenvalue weighted by molar-refractivity contribution is 7.99. The van der Waals surface area contributed by atoms with Gasteiger partial charge in [-0.2, -0.15) is 0 Å². The standard InChI is InChI=1S/C10H12ClNO4S2/c11-8-2-1-6(18-8)4-17-5-9(14)12-7(3-13)10(15)16/h1-2,7,13H,3-5H2,(H,12,14)(H,15,16)/t7-/m0/s1. The van der Waals surface area contributed by atoms with Gasteiger partial charge in [0.1, 0.15) is 6.04 Å². The minimum atomic E-state index is -1.25. The van der Waals surface area contributed by atoms with E-state index in [1.807, 2.05) is 6.07 Å². The van der Waals surface area contributed by atoms with Crippen molar-refractivity contribution in [2.75, 3.05) is 12.4 Å². The van der Waals surface area contributed by atoms with Crippen LogP contribution in [0.25, 0.3) is 0 Å². The highest BCUT2D eigenvalue weighted by atomic mass is 35.5. The third-order valence-electron chi connectivity index (χ3n) is 1.92. The van der Waals surface area contributed by atoms with E-state index >= 15 is 0 Å². The lowest BCUT2D eigenvalue weighted by Crippen LogP contribution is -2.44. The number of aliphatic carboxylic acids is 1. The van der Waals surface area contributed by atoms with Gasteiger partial charge in [-0.3, -0.25) is 4.79 Å². The van der Waals surface area contributed by atoms with Crippen LogP contribution in [-0.4, -0.2) is 40.5 Å². The molecule has 18 heavy (non-hydrogen) atoms. The van der Waals surface area contributed by atoms with Crippen molar-refractivity contribution in [1.82, 2.24) is 5.32 Å². The molecule has 0 bridgehead atoms. The number of aliphatic hydroxyl groups is 1. The molecule has 1 amide bonds. The topological polar surface area (TPSA) is 86.6 Å². The second-order valence-corrected chi connectivity index (χ2v) is 6.12. The molecule has 0 aromatic carbocycles. The van der Waals surface area contributed by atoms with Crippen LogP contribution in [0.15, 0.2) is 12.1 Å². The minimum absolute atomic E-state index is 0.138. The number of carbonyl (C=O) groups is 2. The maximum atomic E-state index is 11.4. The average molecular weight is 310 g/mol. The highest BCUT2D eigenvalue weighted by Crippen LogP contribution is 2.24. The number of carboxylic acid groups (broad SMARTS) is 1. The minimum Gasteiger partial charge on any atom is -0.480 e. The molecule has 0 saturated carbocycles. The first-order valence-electron chi connectivity index (χ1n) is 4.98. The van der Waals surface area contributed by atoms with Gasteiger partial charge in [0.25, 0.3) is 0 Å². The van der Waals surface area contributed by atoms with Gasteiger partial charge in [0, 0.05) is 10.6 Å². The number of carboxylic acids is 1. The predicted molar refractivity (Wildman–Crippen MR) is 72.1 cm³/mol. The molecule has 1 aromatic rings. The van der Waals surface area contributed by atoms with E-state index in [0.717, 1.165) is 4.88 Å². The van der Waals surface area contributed by atoms with Gasteiger partial charge in [0.15, 0.2) is 0 Å². The van der Waals surface area contributed by atoms with E-state index in [1.54, 1.807) is 6.07 Å². The summed E-state index contributed by atoms with van der Waals surface area (Å²) < 4.78 is 0.696. The number of thioether (sulfide) groups is 1. The molecule has 0 aliphatic heterocycles. The van der Waals surface area contributed by atoms with Crippen LogP contribution >= 0.6 is 34.7 Å². The SMILES string of the molecule is O=C(CSCc1ccc(Cl)s1)N[C@@H](CO)C(=O)O. The number of thiophene rings is 1. The van der Waals surface area contributed by atoms with Crippen LogP contribution in [0.1, 0.15) is 4.88 Å². The normalized spacial score (nSPS) is 12.1. The van der Waals surface area contributed by atoms with Crippen molar-refractivity contribution in [3.8, 4) is 0 Å². The van der Waals surface area contributed by atoms with E-state index in [0.29, 0.717) is 10.1 Å². The van der Waals surface area contributed by atoms with Crippen molar-refractivity contribution in [3.05, 3.63) is 21.3 Å². The van der Waals surface area contributed by atoms with Crippen molar-refractivity contribution >= 4 is 46.6 Å². The zero-order valence-electron chi connectivity index (χ0n) is 9.26. The Kier molecular flexibility index (Phi) is 6.48. The van der Waals surface area contributed by atoms with Gasteiger partial charge >= 0.3 is 5.97 Å². The quantitative estimate of drug-likeness (QED) is 0.704. The molecule has 0 aliphatic rings. The number of aliphatic hydroxyl groups excluding tert-OH is 1. The Morgan fingerprint density at radius 2 is 2.22 bits per heavy atom. The molecule has 3 N–H and O–H groups in total. The van der Waals surface area contributed by atoms with Crippen molar-refractivity contribution in [2.24, 2.45) is 0 Å². The van der Waals surface area contributed by atoms with Crippen LogP contribution in [-0.2, 0) is 15.3 Å². The Morgan fingerprint density at radius 3 is 2.72 bits per heavy atom. The maximum Gasteiger partial charge on any atom is 0.328 e. The summed E-state index contributed by atoms with van der Waals surface area (Å²) in [7, 11) is 0. The lowest BCUT2D eigenvalue weighted by Gasteiger charge is -2.10. The van der Waals surface area contributed by atoms with Crippen LogP contribution in [0.4, 0.5) is 0 Å². The third-order valence-corrected chi connectivity index (χ3v) is 4.32. The third kappa shape index (κ3) is 5.26. The van der Waals surface area contributed by atoms with Crippen molar-refractivity contribution in [2.45, 2.75) is 11.8 Å². The Hall–Kier alpha value is -0.760. The molecule has 5 nitrogen and oxygen atoms in total. The molecule has 1 aromatic heterocycles. The van der Waals surface area contributed by atoms with E-state index in [4.69, 9.17) is 21.8 Å². The average Bonchev–Trinajstić information content (AvgIpc) is 2.71. The largest absolute Gasteiger partial charge is 0.480 e. The van der Waals surface area contributed by atoms with Crippen molar-refractivity contribution in [3.63, 3.8) is 0 Å². The maximum absolute atomic E-state index is 11.4. The van der Waals surface area contributed by atoms with Crippen molar-refractivity contribution < 1.29 is 19.8 Å². The zero-order valence-corrected chi connectivity index (χ0v) is 11.6. The summed E-state index contributed by atoms with van der Waals surface area (Å²) in [4.78, 5) is 23.0. The van der Waals surface area contributed by atoms with Crippen LogP contribution in [0, 0.1) is 0 Å². The monoisotopic (exact) mass is 309 g/mol. The summed E-state index contributed by atoms with van der Waals surface area (Å²) in [5.41, 5.74) is 0. The van der Waals surface area contributed by atoms with E-state index in [1.165, 1.54) is 23.1 Å². The molecule has 0 fully saturated rings. The lowest BCUT2D eigenvalue weighted by molar-refractivity contribution is -0.142. The number of rotatable bonds is 7. The fourth-order valence-corrected chi connectivity index (χ4v) is 3.13. The summed E-state index contributed by atoms with van der Waals surface area (Å²) in [6, 6.07) is 2.43. The molecule has 1 heterocycles. The van der Waals surface area contributed by atoms with Crippen LogP contribution in [0.5, 0.6) is 0 Å². The molecule has 0 radical (unpaired) electrons. The highest BCUT2D eigenvalue weighted by Gasteiger charge is 2.18. The van der Waals surface area contributed by atoms with Gasteiger partial charge in [0.2, 0.25) is 5.91 Å². The summed E-state index contributed by atoms with van der Waals surface area (Å²) >= 11 is 8.56. The molecular weight excluding hydrogens is 298 g/mol. The predicted octanol–water partition coefficient (Wildman–Crippen LogP) is 1.20. The number of hydrogen-bond acceptors (Lipinski definition) is 5. The molecule has 0 aliphatic carbocycles. The van der Waals surface area contributed by atoms with Crippen molar-refractivity contribution in [1.29, 1.82) is 0 Å². The Labute approximate surface area is 117 Å². The van der Waals surface area contributed by atoms with Crippen LogP contribution < -0.4 is 5.32 Å². The number of carbonyl (C=O) groups excluding carboxylic acids is 1. The summed E-state index contributed by atoms with van der Waals surface area (Å²) in [6.45, 7) is -0.619. The number of halogens is 1. The number of nitrogens with one attached hydrogen (secondary N) is 1. The molecule has 100 valence electrons. The van der Waals surface area contributed by atoms with Gasteiger partial charge in [-0.25, -0.2) is 4.79 Å². The molecule has 1 atom stereocenters. The number of hydrogen-bond donors (Lipinski definition) is 3. The van der Waals surface area contributed by atoms with Gasteiger partial charge in [-0.1, -0.05) is 11.6 Å². The van der Waals surface area contributed by atoms with Crippen LogP contribution in [0.2, 0.25) is 4.34 Å². The van der Waals surface area contributed by atoms with Crippen LogP contribution in [0.3, 0.4) is 0 Å². The van der Waals surface area contributed by atoms with Gasteiger partial charge < -0.3 is 15.5 Å². The summed E-state index contributed by atoms with van der Waals surface area (Å²) in [5, 5.41) is 19.6. The first-order chi connectivity index (χ1) is 8.52. The fourth-order valence-electron chi connectivity index (χ4n) is 1.10. The Balaban J connectivity index is 2.26. The summed E-state index contributed by atoms with van der Waals surface area (Å²) in [5.74, 6) is -0.883. The molecule has 8 heteroatoms. The van der Waals surface area contributed by atoms with Gasteiger partial charge in [-0.15, -0.1) is 23.1 Å². The van der Waals surface area contributed by atoms with E-state index < -0.39 is 24.5 Å². The van der Waals surface area contributed by atoms with E-state index in [-0.39, 0.29) is 5.75 Å². The molecule has 0 spiro atoms. The lowest BCUT2D eigenvalue weighted by atomic mass is 10.3. The molecule has 0 unspecified atom stereocenters. The Bertz CT molecular complexity index is 424. The second-order valence-electron chi connectivity index (χ2n) is 3.34. The zero-order chi connectivity index (χ0) is 13.5. The second kappa shape index (κ2) is 7.63. The fraction of sp³-hybridized carbons (Fsp3) is 0.400. The first kappa shape index (κ1) is 15.3. The van der Waals surface area contributed by atoms with E-state index in [2.05, 4.69) is 5.32 Å². The molecular formula is C10H12ClNO4S2. The molecule has 1 rings (SSSR count). The number of amides is 1. The van der Waals surface area contributed by atoms with Gasteiger partial charge in [0.05, 0.1) is 16.7 Å². The summed E-state index contributed by atoms with van der Waals surface area (Å²) in [6.07, 6.45) is 0.